The minimum atomic E-state index is 0.588. The van der Waals surface area contributed by atoms with Gasteiger partial charge >= 0.3 is 0 Å². The second-order valence-electron chi connectivity index (χ2n) is 4.55. The van der Waals surface area contributed by atoms with E-state index in [1.807, 2.05) is 6.07 Å². The van der Waals surface area contributed by atoms with E-state index in [1.54, 1.807) is 0 Å². The molecule has 1 fully saturated rings. The maximum absolute atomic E-state index is 5.53. The second kappa shape index (κ2) is 5.69. The average molecular weight is 351 g/mol. The van der Waals surface area contributed by atoms with Gasteiger partial charge in [-0.15, -0.1) is 0 Å². The number of hydrogen-bond acceptors (Lipinski definition) is 2. The molecule has 1 atom stereocenters. The number of nitrogens with one attached hydrogen (secondary N) is 1. The predicted octanol–water partition coefficient (Wildman–Crippen LogP) is 4.47. The lowest BCUT2D eigenvalue weighted by Crippen LogP contribution is -2.31. The van der Waals surface area contributed by atoms with Crippen LogP contribution in [0.25, 0.3) is 0 Å². The zero-order chi connectivity index (χ0) is 11.5. The predicted molar refractivity (Wildman–Crippen MR) is 72.4 cm³/mol. The molecule has 0 amide bonds. The Morgan fingerprint density at radius 2 is 2.12 bits per heavy atom. The van der Waals surface area contributed by atoms with Gasteiger partial charge in [0.15, 0.2) is 4.67 Å². The van der Waals surface area contributed by atoms with E-state index in [9.17, 15) is 0 Å². The van der Waals surface area contributed by atoms with Crippen molar-refractivity contribution < 1.29 is 4.42 Å². The Kier molecular flexibility index (Phi) is 4.50. The van der Waals surface area contributed by atoms with Crippen molar-refractivity contribution in [2.45, 2.75) is 45.2 Å². The Bertz CT molecular complexity index is 325. The highest BCUT2D eigenvalue weighted by atomic mass is 79.9. The normalized spacial score (nSPS) is 19.2. The van der Waals surface area contributed by atoms with Crippen molar-refractivity contribution in [2.24, 2.45) is 5.92 Å². The second-order valence-corrected chi connectivity index (χ2v) is 6.12. The fourth-order valence-electron chi connectivity index (χ4n) is 2.36. The molecule has 1 heterocycles. The van der Waals surface area contributed by atoms with Crippen LogP contribution in [0.4, 0.5) is 0 Å². The van der Waals surface area contributed by atoms with E-state index in [1.165, 1.54) is 25.7 Å². The summed E-state index contributed by atoms with van der Waals surface area (Å²) < 4.78 is 7.29. The molecule has 90 valence electrons. The van der Waals surface area contributed by atoms with Crippen molar-refractivity contribution in [1.29, 1.82) is 0 Å². The minimum Gasteiger partial charge on any atom is -0.452 e. The van der Waals surface area contributed by atoms with Crippen molar-refractivity contribution in [3.63, 3.8) is 0 Å². The Morgan fingerprint density at radius 3 is 2.69 bits per heavy atom. The summed E-state index contributed by atoms with van der Waals surface area (Å²) >= 11 is 6.77. The van der Waals surface area contributed by atoms with Gasteiger partial charge in [-0.05, 0) is 63.6 Å². The van der Waals surface area contributed by atoms with E-state index in [4.69, 9.17) is 4.42 Å². The Hall–Kier alpha value is 0.200. The van der Waals surface area contributed by atoms with Gasteiger partial charge in [0.25, 0.3) is 0 Å². The van der Waals surface area contributed by atoms with Crippen LogP contribution in [-0.2, 0) is 6.54 Å². The molecule has 2 nitrogen and oxygen atoms in total. The molecule has 4 heteroatoms. The molecule has 1 aromatic heterocycles. The lowest BCUT2D eigenvalue weighted by atomic mass is 10.00. The fourth-order valence-corrected chi connectivity index (χ4v) is 3.02. The maximum Gasteiger partial charge on any atom is 0.183 e. The van der Waals surface area contributed by atoms with E-state index in [0.29, 0.717) is 6.04 Å². The molecule has 1 aromatic rings. The zero-order valence-corrected chi connectivity index (χ0v) is 12.6. The summed E-state index contributed by atoms with van der Waals surface area (Å²) in [6.07, 6.45) is 5.54. The van der Waals surface area contributed by atoms with E-state index < -0.39 is 0 Å². The van der Waals surface area contributed by atoms with Crippen LogP contribution < -0.4 is 5.32 Å². The molecule has 2 rings (SSSR count). The third-order valence-corrected chi connectivity index (χ3v) is 5.11. The number of furan rings is 1. The first kappa shape index (κ1) is 12.7. The van der Waals surface area contributed by atoms with Crippen molar-refractivity contribution in [3.8, 4) is 0 Å². The maximum atomic E-state index is 5.53. The van der Waals surface area contributed by atoms with Crippen LogP contribution in [0, 0.1) is 5.92 Å². The van der Waals surface area contributed by atoms with Crippen molar-refractivity contribution in [3.05, 3.63) is 21.0 Å². The molecule has 1 N–H and O–H groups in total. The number of rotatable bonds is 4. The molecule has 1 aliphatic rings. The van der Waals surface area contributed by atoms with E-state index in [2.05, 4.69) is 44.1 Å². The van der Waals surface area contributed by atoms with Gasteiger partial charge in [0, 0.05) is 6.04 Å². The summed E-state index contributed by atoms with van der Waals surface area (Å²) in [7, 11) is 0. The highest BCUT2D eigenvalue weighted by Gasteiger charge is 2.21. The lowest BCUT2D eigenvalue weighted by molar-refractivity contribution is 0.360. The molecule has 1 saturated carbocycles. The lowest BCUT2D eigenvalue weighted by Gasteiger charge is -2.19. The van der Waals surface area contributed by atoms with Crippen LogP contribution in [0.3, 0.4) is 0 Å². The summed E-state index contributed by atoms with van der Waals surface area (Å²) in [5.41, 5.74) is 0. The van der Waals surface area contributed by atoms with E-state index in [0.717, 1.165) is 27.4 Å². The van der Waals surface area contributed by atoms with Gasteiger partial charge in [-0.1, -0.05) is 12.8 Å². The molecule has 0 bridgehead atoms. The van der Waals surface area contributed by atoms with Crippen molar-refractivity contribution in [2.75, 3.05) is 0 Å². The molecule has 0 radical (unpaired) electrons. The monoisotopic (exact) mass is 349 g/mol. The Morgan fingerprint density at radius 1 is 1.44 bits per heavy atom. The first-order valence-electron chi connectivity index (χ1n) is 5.84. The van der Waals surface area contributed by atoms with Crippen LogP contribution >= 0.6 is 31.9 Å². The highest BCUT2D eigenvalue weighted by Crippen LogP contribution is 2.29. The summed E-state index contributed by atoms with van der Waals surface area (Å²) in [5, 5.41) is 3.55. The average Bonchev–Trinajstić information content (AvgIpc) is 2.86. The van der Waals surface area contributed by atoms with Gasteiger partial charge in [-0.25, -0.2) is 0 Å². The van der Waals surface area contributed by atoms with Gasteiger partial charge in [0.1, 0.15) is 5.76 Å². The summed E-state index contributed by atoms with van der Waals surface area (Å²) in [6.45, 7) is 3.09. The largest absolute Gasteiger partial charge is 0.452 e. The quantitative estimate of drug-likeness (QED) is 0.866. The van der Waals surface area contributed by atoms with Gasteiger partial charge < -0.3 is 9.73 Å². The molecule has 0 aromatic carbocycles. The van der Waals surface area contributed by atoms with E-state index in [-0.39, 0.29) is 0 Å². The van der Waals surface area contributed by atoms with Gasteiger partial charge in [-0.2, -0.15) is 0 Å². The molecule has 0 aliphatic heterocycles. The standard InChI is InChI=1S/C12H17Br2NO/c1-8(9-4-2-3-5-9)15-7-10-6-11(13)12(14)16-10/h6,8-9,15H,2-5,7H2,1H3/t8-/m0/s1. The van der Waals surface area contributed by atoms with Crippen LogP contribution in [-0.4, -0.2) is 6.04 Å². The molecular formula is C12H17Br2NO. The topological polar surface area (TPSA) is 25.2 Å². The summed E-state index contributed by atoms with van der Waals surface area (Å²) in [4.78, 5) is 0. The number of hydrogen-bond donors (Lipinski definition) is 1. The highest BCUT2D eigenvalue weighted by molar-refractivity contribution is 9.13. The Labute approximate surface area is 113 Å². The van der Waals surface area contributed by atoms with Crippen LogP contribution in [0.2, 0.25) is 0 Å². The Balaban J connectivity index is 1.82. The molecule has 0 unspecified atom stereocenters. The first-order valence-corrected chi connectivity index (χ1v) is 7.42. The SMILES string of the molecule is C[C@H](NCc1cc(Br)c(Br)o1)C1CCCC1. The number of halogens is 2. The molecule has 0 spiro atoms. The third-order valence-electron chi connectivity index (χ3n) is 3.40. The van der Waals surface area contributed by atoms with Gasteiger partial charge in [0.05, 0.1) is 11.0 Å². The smallest absolute Gasteiger partial charge is 0.183 e. The van der Waals surface area contributed by atoms with Crippen molar-refractivity contribution in [1.82, 2.24) is 5.32 Å². The third kappa shape index (κ3) is 3.11. The van der Waals surface area contributed by atoms with Crippen LogP contribution in [0.15, 0.2) is 19.6 Å². The van der Waals surface area contributed by atoms with Gasteiger partial charge in [-0.3, -0.25) is 0 Å². The van der Waals surface area contributed by atoms with E-state index >= 15 is 0 Å². The summed E-state index contributed by atoms with van der Waals surface area (Å²) in [5.74, 6) is 1.82. The zero-order valence-electron chi connectivity index (χ0n) is 9.43. The van der Waals surface area contributed by atoms with Gasteiger partial charge in [0.2, 0.25) is 0 Å². The van der Waals surface area contributed by atoms with Crippen LogP contribution in [0.1, 0.15) is 38.4 Å². The molecule has 1 aliphatic carbocycles. The van der Waals surface area contributed by atoms with Crippen LogP contribution in [0.5, 0.6) is 0 Å². The fraction of sp³-hybridized carbons (Fsp3) is 0.667. The molecular weight excluding hydrogens is 334 g/mol. The molecule has 0 saturated heterocycles. The summed E-state index contributed by atoms with van der Waals surface area (Å²) in [6, 6.07) is 2.60. The minimum absolute atomic E-state index is 0.588. The van der Waals surface area contributed by atoms with Crippen molar-refractivity contribution >= 4 is 31.9 Å². The first-order chi connectivity index (χ1) is 7.66. The molecule has 16 heavy (non-hydrogen) atoms.